The molecule has 0 radical (unpaired) electrons. The fraction of sp³-hybridized carbons (Fsp3) is 0.775. The van der Waals surface area contributed by atoms with E-state index >= 15 is 0 Å². The van der Waals surface area contributed by atoms with E-state index in [1.54, 1.807) is 0 Å². The molecule has 0 heterocycles. The first-order chi connectivity index (χ1) is 43.9. The zero-order chi connectivity index (χ0) is 65.6. The molecule has 1 N–H and O–H groups in total. The van der Waals surface area contributed by atoms with Crippen molar-refractivity contribution in [2.75, 3.05) is 40.9 Å². The first kappa shape index (κ1) is 86.9. The van der Waals surface area contributed by atoms with Crippen LogP contribution in [0.15, 0.2) is 97.2 Å². The number of rotatable bonds is 69. The molecule has 0 aromatic heterocycles. The number of hydrogen-bond donors (Lipinski definition) is 1. The number of amides is 1. The number of carbonyl (C=O) groups is 2. The van der Waals surface area contributed by atoms with Gasteiger partial charge in [0.2, 0.25) is 5.91 Å². The summed E-state index contributed by atoms with van der Waals surface area (Å²) in [6, 6.07) is -0.897. The number of nitrogens with one attached hydrogen (secondary N) is 1. The van der Waals surface area contributed by atoms with Crippen LogP contribution in [0.25, 0.3) is 0 Å². The van der Waals surface area contributed by atoms with Gasteiger partial charge in [0.25, 0.3) is 7.82 Å². The van der Waals surface area contributed by atoms with Gasteiger partial charge in [0, 0.05) is 12.8 Å². The quantitative estimate of drug-likeness (QED) is 0.0212. The smallest absolute Gasteiger partial charge is 0.306 e. The van der Waals surface area contributed by atoms with E-state index in [1.165, 1.54) is 212 Å². The summed E-state index contributed by atoms with van der Waals surface area (Å²) in [7, 11) is 1.18. The Labute approximate surface area is 558 Å². The number of ether oxygens (including phenoxy) is 1. The van der Waals surface area contributed by atoms with E-state index in [9.17, 15) is 19.0 Å². The predicted octanol–water partition coefficient (Wildman–Crippen LogP) is 24.0. The minimum Gasteiger partial charge on any atom is -0.756 e. The Morgan fingerprint density at radius 2 is 0.678 bits per heavy atom. The van der Waals surface area contributed by atoms with Crippen LogP contribution < -0.4 is 10.2 Å². The Morgan fingerprint density at radius 1 is 0.389 bits per heavy atom. The number of phosphoric ester groups is 1. The molecule has 0 aromatic carbocycles. The van der Waals surface area contributed by atoms with Crippen LogP contribution in [0.3, 0.4) is 0 Å². The van der Waals surface area contributed by atoms with E-state index in [1.807, 2.05) is 33.3 Å². The van der Waals surface area contributed by atoms with E-state index in [-0.39, 0.29) is 24.9 Å². The average molecular weight is 1280 g/mol. The first-order valence-corrected chi connectivity index (χ1v) is 39.5. The molecule has 10 heteroatoms. The number of allylic oxidation sites excluding steroid dienone is 15. The highest BCUT2D eigenvalue weighted by Gasteiger charge is 2.27. The van der Waals surface area contributed by atoms with Gasteiger partial charge < -0.3 is 28.5 Å². The van der Waals surface area contributed by atoms with Gasteiger partial charge in [0.1, 0.15) is 19.3 Å². The lowest BCUT2D eigenvalue weighted by Gasteiger charge is -2.30. The first-order valence-electron chi connectivity index (χ1n) is 38.0. The Bertz CT molecular complexity index is 1860. The van der Waals surface area contributed by atoms with Crippen molar-refractivity contribution in [2.24, 2.45) is 0 Å². The van der Waals surface area contributed by atoms with Crippen molar-refractivity contribution in [2.45, 2.75) is 360 Å². The number of hydrogen-bond acceptors (Lipinski definition) is 7. The maximum atomic E-state index is 13.6. The Morgan fingerprint density at radius 3 is 1.03 bits per heavy atom. The van der Waals surface area contributed by atoms with Crippen molar-refractivity contribution < 1.29 is 37.3 Å². The Balaban J connectivity index is 5.00. The monoisotopic (exact) mass is 1280 g/mol. The van der Waals surface area contributed by atoms with E-state index in [0.717, 1.165) is 103 Å². The number of phosphoric acid groups is 1. The molecule has 3 unspecified atom stereocenters. The van der Waals surface area contributed by atoms with Crippen LogP contribution in [-0.2, 0) is 27.9 Å². The normalized spacial score (nSPS) is 14.0. The lowest BCUT2D eigenvalue weighted by atomic mass is 10.0. The van der Waals surface area contributed by atoms with Gasteiger partial charge in [-0.1, -0.05) is 317 Å². The topological polar surface area (TPSA) is 114 Å². The third kappa shape index (κ3) is 69.3. The number of unbranched alkanes of at least 4 members (excludes halogenated alkanes) is 39. The van der Waals surface area contributed by atoms with Gasteiger partial charge in [-0.2, -0.15) is 0 Å². The summed E-state index contributed by atoms with van der Waals surface area (Å²) in [6.45, 7) is 6.82. The summed E-state index contributed by atoms with van der Waals surface area (Å²) in [6.07, 6.45) is 93.9. The molecule has 0 bridgehead atoms. The fourth-order valence-electron chi connectivity index (χ4n) is 10.9. The highest BCUT2D eigenvalue weighted by molar-refractivity contribution is 7.45. The minimum atomic E-state index is -4.71. The van der Waals surface area contributed by atoms with Crippen LogP contribution in [0.4, 0.5) is 0 Å². The Hall–Kier alpha value is -3.07. The SMILES string of the molecule is CCCCC/C=C\C/C=C\C/C=C\C/C=C\CCCCCCCCCCCC(=O)OC(/C=C/CCCCCCCCCCCC)C(COP(=O)([O-])OCC[N+](C)(C)C)NC(=O)CCCCCCCCCCCCCCCC/C=C\C/C=C\C/C=C\CCCCC. The number of quaternary nitrogens is 1. The molecule has 0 aliphatic heterocycles. The summed E-state index contributed by atoms with van der Waals surface area (Å²) in [4.78, 5) is 40.3. The standard InChI is InChI=1S/C80H145N2O7P/c1-7-10-13-16-19-22-25-28-30-32-34-36-38-40-41-43-44-46-48-50-52-54-57-60-63-66-69-72-79(83)81-77(76-88-90(85,86)87-75-74-82(4,5)6)78(71-68-65-62-59-56-27-24-21-18-15-12-9-3)89-80(84)73-70-67-64-61-58-55-53-51-49-47-45-42-39-37-35-33-31-29-26-23-20-17-14-11-8-2/h19-20,22-23,28-31,34-37,42,45,68,71,77-78H,7-18,21,24-27,32-33,38-41,43-44,46-67,69-70,72-76H2,1-6H3,(H-,81,83,85,86)/b22-19-,23-20-,30-28-,31-29-,36-34-,37-35-,45-42-,71-68+. The van der Waals surface area contributed by atoms with Crippen molar-refractivity contribution in [1.29, 1.82) is 0 Å². The number of nitrogens with zero attached hydrogens (tertiary/aromatic N) is 1. The third-order valence-electron chi connectivity index (χ3n) is 16.7. The van der Waals surface area contributed by atoms with Crippen molar-refractivity contribution in [3.8, 4) is 0 Å². The summed E-state index contributed by atoms with van der Waals surface area (Å²) < 4.78 is 30.5. The summed E-state index contributed by atoms with van der Waals surface area (Å²) in [5, 5.41) is 3.05. The zero-order valence-corrected chi connectivity index (χ0v) is 60.7. The van der Waals surface area contributed by atoms with Gasteiger partial charge in [0.15, 0.2) is 0 Å². The Kier molecular flexibility index (Phi) is 66.4. The third-order valence-corrected chi connectivity index (χ3v) is 17.7. The van der Waals surface area contributed by atoms with Crippen molar-refractivity contribution in [1.82, 2.24) is 5.32 Å². The molecule has 1 amide bonds. The average Bonchev–Trinajstić information content (AvgIpc) is 3.11. The van der Waals surface area contributed by atoms with Crippen LogP contribution >= 0.6 is 7.82 Å². The van der Waals surface area contributed by atoms with E-state index in [2.05, 4.69) is 111 Å². The lowest BCUT2D eigenvalue weighted by molar-refractivity contribution is -0.870. The van der Waals surface area contributed by atoms with Crippen LogP contribution in [0, 0.1) is 0 Å². The largest absolute Gasteiger partial charge is 0.756 e. The van der Waals surface area contributed by atoms with Gasteiger partial charge in [-0.05, 0) is 115 Å². The maximum Gasteiger partial charge on any atom is 0.306 e. The van der Waals surface area contributed by atoms with Crippen LogP contribution in [0.1, 0.15) is 348 Å². The molecular weight excluding hydrogens is 1130 g/mol. The zero-order valence-electron chi connectivity index (χ0n) is 59.8. The van der Waals surface area contributed by atoms with Crippen molar-refractivity contribution in [3.63, 3.8) is 0 Å². The summed E-state index contributed by atoms with van der Waals surface area (Å²) in [5.41, 5.74) is 0. The molecule has 522 valence electrons. The fourth-order valence-corrected chi connectivity index (χ4v) is 11.6. The number of esters is 1. The van der Waals surface area contributed by atoms with Gasteiger partial charge in [-0.25, -0.2) is 0 Å². The second kappa shape index (κ2) is 68.8. The van der Waals surface area contributed by atoms with E-state index < -0.39 is 26.6 Å². The predicted molar refractivity (Wildman–Crippen MR) is 390 cm³/mol. The lowest BCUT2D eigenvalue weighted by Crippen LogP contribution is -2.47. The van der Waals surface area contributed by atoms with Crippen molar-refractivity contribution in [3.05, 3.63) is 97.2 Å². The summed E-state index contributed by atoms with van der Waals surface area (Å²) >= 11 is 0. The second-order valence-electron chi connectivity index (χ2n) is 26.8. The molecule has 0 saturated carbocycles. The summed E-state index contributed by atoms with van der Waals surface area (Å²) in [5.74, 6) is -0.541. The molecule has 0 fully saturated rings. The molecule has 0 aliphatic carbocycles. The van der Waals surface area contributed by atoms with Gasteiger partial charge in [-0.15, -0.1) is 0 Å². The van der Waals surface area contributed by atoms with Crippen LogP contribution in [0.5, 0.6) is 0 Å². The van der Waals surface area contributed by atoms with Crippen LogP contribution in [-0.4, -0.2) is 69.4 Å². The van der Waals surface area contributed by atoms with Crippen molar-refractivity contribution >= 4 is 19.7 Å². The minimum absolute atomic E-state index is 0.0262. The molecular formula is C80H145N2O7P. The van der Waals surface area contributed by atoms with Gasteiger partial charge in [-0.3, -0.25) is 14.2 Å². The second-order valence-corrected chi connectivity index (χ2v) is 28.2. The molecule has 0 spiro atoms. The number of likely N-dealkylation sites (N-methyl/N-ethyl adjacent to an activating group) is 1. The van der Waals surface area contributed by atoms with Gasteiger partial charge >= 0.3 is 5.97 Å². The molecule has 0 aliphatic rings. The molecule has 0 saturated heterocycles. The molecule has 0 rings (SSSR count). The highest BCUT2D eigenvalue weighted by atomic mass is 31.2. The van der Waals surface area contributed by atoms with Crippen LogP contribution in [0.2, 0.25) is 0 Å². The van der Waals surface area contributed by atoms with Gasteiger partial charge in [0.05, 0.1) is 33.8 Å². The number of carbonyl (C=O) groups excluding carboxylic acids is 2. The van der Waals surface area contributed by atoms with E-state index in [0.29, 0.717) is 17.4 Å². The molecule has 9 nitrogen and oxygen atoms in total. The van der Waals surface area contributed by atoms with E-state index in [4.69, 9.17) is 13.8 Å². The molecule has 90 heavy (non-hydrogen) atoms. The molecule has 0 aromatic rings. The molecule has 3 atom stereocenters. The maximum absolute atomic E-state index is 13.6. The highest BCUT2D eigenvalue weighted by Crippen LogP contribution is 2.38.